The third-order valence-electron chi connectivity index (χ3n) is 3.80. The quantitative estimate of drug-likeness (QED) is 0.405. The van der Waals surface area contributed by atoms with Crippen molar-refractivity contribution in [2.24, 2.45) is 0 Å². The third-order valence-corrected chi connectivity index (χ3v) is 3.80. The van der Waals surface area contributed by atoms with Crippen LogP contribution >= 0.6 is 0 Å². The van der Waals surface area contributed by atoms with Gasteiger partial charge in [-0.3, -0.25) is 4.79 Å². The number of carbonyl (C=O) groups excluding carboxylic acids is 1. The van der Waals surface area contributed by atoms with E-state index in [-0.39, 0.29) is 5.75 Å². The van der Waals surface area contributed by atoms with Crippen molar-refractivity contribution in [3.63, 3.8) is 0 Å². The van der Waals surface area contributed by atoms with Crippen LogP contribution in [0.25, 0.3) is 32.3 Å². The molecule has 0 spiro atoms. The monoisotopic (exact) mass is 246 g/mol. The Kier molecular flexibility index (Phi) is 1.88. The molecule has 0 saturated carbocycles. The zero-order chi connectivity index (χ0) is 13.0. The van der Waals surface area contributed by atoms with Gasteiger partial charge in [0.1, 0.15) is 5.75 Å². The fourth-order valence-electron chi connectivity index (χ4n) is 2.91. The Labute approximate surface area is 109 Å². The largest absolute Gasteiger partial charge is 0.507 e. The van der Waals surface area contributed by atoms with Crippen LogP contribution in [0.2, 0.25) is 0 Å². The van der Waals surface area contributed by atoms with Gasteiger partial charge in [-0.15, -0.1) is 0 Å². The molecule has 0 heterocycles. The number of hydrogen-bond acceptors (Lipinski definition) is 2. The molecule has 0 bridgehead atoms. The maximum absolute atomic E-state index is 11.2. The highest BCUT2D eigenvalue weighted by Crippen LogP contribution is 2.38. The summed E-state index contributed by atoms with van der Waals surface area (Å²) in [6.45, 7) is 0. The molecule has 4 aromatic carbocycles. The van der Waals surface area contributed by atoms with Crippen LogP contribution in [0.4, 0.5) is 0 Å². The maximum atomic E-state index is 11.2. The molecule has 90 valence electrons. The van der Waals surface area contributed by atoms with E-state index in [1.807, 2.05) is 42.5 Å². The zero-order valence-electron chi connectivity index (χ0n) is 10.1. The number of aromatic hydroxyl groups is 1. The molecule has 0 fully saturated rings. The van der Waals surface area contributed by atoms with E-state index in [0.29, 0.717) is 5.56 Å². The Hall–Kier alpha value is -2.61. The molecule has 1 N–H and O–H groups in total. The molecule has 0 aliphatic heterocycles. The number of rotatable bonds is 1. The summed E-state index contributed by atoms with van der Waals surface area (Å²) in [5.41, 5.74) is 0.685. The average Bonchev–Trinajstić information content (AvgIpc) is 2.46. The number of hydrogen-bond donors (Lipinski definition) is 1. The minimum Gasteiger partial charge on any atom is -0.507 e. The summed E-state index contributed by atoms with van der Waals surface area (Å²) in [6.07, 6.45) is 0.881. The van der Waals surface area contributed by atoms with Gasteiger partial charge in [0, 0.05) is 16.3 Å². The highest BCUT2D eigenvalue weighted by Gasteiger charge is 2.12. The van der Waals surface area contributed by atoms with E-state index < -0.39 is 0 Å². The first kappa shape index (κ1) is 10.3. The fourth-order valence-corrected chi connectivity index (χ4v) is 2.91. The van der Waals surface area contributed by atoms with Crippen LogP contribution in [0.3, 0.4) is 0 Å². The van der Waals surface area contributed by atoms with Gasteiger partial charge in [-0.05, 0) is 27.6 Å². The maximum Gasteiger partial charge on any atom is 0.150 e. The minimum absolute atomic E-state index is 0.276. The zero-order valence-corrected chi connectivity index (χ0v) is 10.1. The van der Waals surface area contributed by atoms with Gasteiger partial charge in [0.25, 0.3) is 0 Å². The van der Waals surface area contributed by atoms with Gasteiger partial charge in [-0.25, -0.2) is 0 Å². The first-order valence-electron chi connectivity index (χ1n) is 6.14. The van der Waals surface area contributed by atoms with Crippen molar-refractivity contribution in [3.05, 3.63) is 54.1 Å². The molecule has 0 aliphatic rings. The van der Waals surface area contributed by atoms with Crippen molar-refractivity contribution in [2.45, 2.75) is 0 Å². The minimum atomic E-state index is 0.276. The molecule has 0 unspecified atom stereocenters. The van der Waals surface area contributed by atoms with Gasteiger partial charge in [-0.1, -0.05) is 42.5 Å². The van der Waals surface area contributed by atoms with Crippen molar-refractivity contribution in [1.82, 2.24) is 0 Å². The Morgan fingerprint density at radius 2 is 1.32 bits per heavy atom. The Bertz CT molecular complexity index is 938. The Morgan fingerprint density at radius 1 is 0.737 bits per heavy atom. The fraction of sp³-hybridized carbons (Fsp3) is 0. The first-order chi connectivity index (χ1) is 9.29. The molecule has 19 heavy (non-hydrogen) atoms. The SMILES string of the molecule is O=Cc1ccc2ccc3c(O)ccc4ccc1c2c43. The van der Waals surface area contributed by atoms with Gasteiger partial charge in [0.15, 0.2) is 6.29 Å². The second-order valence-electron chi connectivity index (χ2n) is 4.78. The summed E-state index contributed by atoms with van der Waals surface area (Å²) < 4.78 is 0. The molecule has 0 amide bonds. The van der Waals surface area contributed by atoms with Crippen LogP contribution in [0.1, 0.15) is 10.4 Å². The van der Waals surface area contributed by atoms with Crippen LogP contribution in [0, 0.1) is 0 Å². The van der Waals surface area contributed by atoms with Crippen LogP contribution in [0.5, 0.6) is 5.75 Å². The molecule has 0 aromatic heterocycles. The predicted octanol–water partition coefficient (Wildman–Crippen LogP) is 4.10. The van der Waals surface area contributed by atoms with Crippen LogP contribution in [-0.4, -0.2) is 11.4 Å². The lowest BCUT2D eigenvalue weighted by Gasteiger charge is -2.12. The molecular weight excluding hydrogens is 236 g/mol. The second-order valence-corrected chi connectivity index (χ2v) is 4.78. The van der Waals surface area contributed by atoms with Gasteiger partial charge >= 0.3 is 0 Å². The van der Waals surface area contributed by atoms with E-state index in [1.54, 1.807) is 6.07 Å². The van der Waals surface area contributed by atoms with E-state index in [4.69, 9.17) is 0 Å². The number of carbonyl (C=O) groups is 1. The molecule has 0 aliphatic carbocycles. The van der Waals surface area contributed by atoms with E-state index in [0.717, 1.165) is 38.6 Å². The normalized spacial score (nSPS) is 11.6. The predicted molar refractivity (Wildman–Crippen MR) is 77.2 cm³/mol. The van der Waals surface area contributed by atoms with Gasteiger partial charge in [-0.2, -0.15) is 0 Å². The van der Waals surface area contributed by atoms with Crippen LogP contribution in [0.15, 0.2) is 48.5 Å². The molecule has 2 heteroatoms. The van der Waals surface area contributed by atoms with Crippen molar-refractivity contribution in [3.8, 4) is 5.75 Å². The summed E-state index contributed by atoms with van der Waals surface area (Å²) in [5.74, 6) is 0.276. The molecule has 4 rings (SSSR count). The second kappa shape index (κ2) is 3.45. The van der Waals surface area contributed by atoms with Gasteiger partial charge in [0.05, 0.1) is 0 Å². The molecule has 4 aromatic rings. The van der Waals surface area contributed by atoms with Crippen molar-refractivity contribution < 1.29 is 9.90 Å². The van der Waals surface area contributed by atoms with Crippen LogP contribution in [-0.2, 0) is 0 Å². The van der Waals surface area contributed by atoms with Gasteiger partial charge in [0.2, 0.25) is 0 Å². The van der Waals surface area contributed by atoms with E-state index in [1.165, 1.54) is 0 Å². The standard InChI is InChI=1S/C17H10O2/c18-9-12-2-1-10-4-7-14-15(19)8-5-11-3-6-13(12)16(10)17(11)14/h1-9,19H. The molecular formula is C17H10O2. The summed E-state index contributed by atoms with van der Waals surface area (Å²) in [7, 11) is 0. The van der Waals surface area contributed by atoms with Crippen molar-refractivity contribution in [2.75, 3.05) is 0 Å². The lowest BCUT2D eigenvalue weighted by molar-refractivity contribution is 0.112. The highest BCUT2D eigenvalue weighted by atomic mass is 16.3. The summed E-state index contributed by atoms with van der Waals surface area (Å²) >= 11 is 0. The topological polar surface area (TPSA) is 37.3 Å². The molecule has 2 nitrogen and oxygen atoms in total. The van der Waals surface area contributed by atoms with Crippen molar-refractivity contribution in [1.29, 1.82) is 0 Å². The van der Waals surface area contributed by atoms with E-state index in [9.17, 15) is 9.90 Å². The molecule has 0 atom stereocenters. The lowest BCUT2D eigenvalue weighted by atomic mass is 9.92. The van der Waals surface area contributed by atoms with Gasteiger partial charge < -0.3 is 5.11 Å². The lowest BCUT2D eigenvalue weighted by Crippen LogP contribution is -1.88. The average molecular weight is 246 g/mol. The Balaban J connectivity index is 2.43. The third kappa shape index (κ3) is 1.23. The highest BCUT2D eigenvalue weighted by molar-refractivity contribution is 6.26. The molecule has 0 radical (unpaired) electrons. The summed E-state index contributed by atoms with van der Waals surface area (Å²) in [5, 5.41) is 16.0. The number of phenols is 1. The Morgan fingerprint density at radius 3 is 2.05 bits per heavy atom. The number of phenolic OH excluding ortho intramolecular Hbond substituents is 1. The smallest absolute Gasteiger partial charge is 0.150 e. The summed E-state index contributed by atoms with van der Waals surface area (Å²) in [4.78, 5) is 11.2. The van der Waals surface area contributed by atoms with Crippen molar-refractivity contribution >= 4 is 38.6 Å². The summed E-state index contributed by atoms with van der Waals surface area (Å²) in [6, 6.07) is 15.3. The van der Waals surface area contributed by atoms with Crippen LogP contribution < -0.4 is 0 Å². The molecule has 0 saturated heterocycles. The first-order valence-corrected chi connectivity index (χ1v) is 6.14. The van der Waals surface area contributed by atoms with E-state index >= 15 is 0 Å². The number of aldehydes is 1. The number of benzene rings is 4. The van der Waals surface area contributed by atoms with E-state index in [2.05, 4.69) is 0 Å².